The van der Waals surface area contributed by atoms with E-state index in [1.807, 2.05) is 37.3 Å². The first-order chi connectivity index (χ1) is 10.2. The molecule has 0 saturated carbocycles. The Morgan fingerprint density at radius 3 is 2.90 bits per heavy atom. The second-order valence-corrected chi connectivity index (χ2v) is 4.90. The van der Waals surface area contributed by atoms with Gasteiger partial charge in [-0.3, -0.25) is 0 Å². The van der Waals surface area contributed by atoms with E-state index in [9.17, 15) is 0 Å². The first-order valence-corrected chi connectivity index (χ1v) is 6.67. The van der Waals surface area contributed by atoms with E-state index in [0.29, 0.717) is 18.0 Å². The Balaban J connectivity index is 1.89. The van der Waals surface area contributed by atoms with Crippen LogP contribution in [0.25, 0.3) is 0 Å². The van der Waals surface area contributed by atoms with Gasteiger partial charge in [-0.15, -0.1) is 0 Å². The molecule has 0 unspecified atom stereocenters. The number of anilines is 2. The summed E-state index contributed by atoms with van der Waals surface area (Å²) in [5, 5.41) is 3.27. The van der Waals surface area contributed by atoms with Gasteiger partial charge in [0.1, 0.15) is 29.6 Å². The molecule has 1 aliphatic heterocycles. The normalized spacial score (nSPS) is 13.0. The number of rotatable bonds is 2. The predicted molar refractivity (Wildman–Crippen MR) is 84.8 cm³/mol. The maximum atomic E-state index is 5.73. The second kappa shape index (κ2) is 5.36. The van der Waals surface area contributed by atoms with Gasteiger partial charge in [0.25, 0.3) is 0 Å². The van der Waals surface area contributed by atoms with Gasteiger partial charge in [0, 0.05) is 11.8 Å². The average Bonchev–Trinajstić information content (AvgIpc) is 2.48. The fourth-order valence-electron chi connectivity index (χ4n) is 2.20. The SMILES string of the molecule is COc1ccc(C)cc1NC1=Nc2ccc(N)cc2OC1. The quantitative estimate of drug-likeness (QED) is 0.831. The van der Waals surface area contributed by atoms with Crippen molar-refractivity contribution in [1.29, 1.82) is 0 Å². The van der Waals surface area contributed by atoms with Crippen LogP contribution >= 0.6 is 0 Å². The van der Waals surface area contributed by atoms with Crippen LogP contribution < -0.4 is 20.5 Å². The third kappa shape index (κ3) is 2.76. The molecule has 2 aromatic rings. The maximum Gasteiger partial charge on any atom is 0.147 e. The largest absolute Gasteiger partial charge is 0.495 e. The van der Waals surface area contributed by atoms with Gasteiger partial charge >= 0.3 is 0 Å². The van der Waals surface area contributed by atoms with E-state index >= 15 is 0 Å². The van der Waals surface area contributed by atoms with E-state index < -0.39 is 0 Å². The Bertz CT molecular complexity index is 711. The first kappa shape index (κ1) is 13.3. The highest BCUT2D eigenvalue weighted by Crippen LogP contribution is 2.33. The number of ether oxygens (including phenoxy) is 2. The van der Waals surface area contributed by atoms with Gasteiger partial charge in [0.15, 0.2) is 0 Å². The van der Waals surface area contributed by atoms with Gasteiger partial charge in [-0.25, -0.2) is 4.99 Å². The van der Waals surface area contributed by atoms with Crippen LogP contribution in [-0.4, -0.2) is 19.6 Å². The van der Waals surface area contributed by atoms with E-state index in [1.54, 1.807) is 13.2 Å². The van der Waals surface area contributed by atoms with Crippen LogP contribution in [0.5, 0.6) is 11.5 Å². The number of aliphatic imine (C=N–C) groups is 1. The van der Waals surface area contributed by atoms with Gasteiger partial charge in [-0.1, -0.05) is 6.07 Å². The monoisotopic (exact) mass is 283 g/mol. The summed E-state index contributed by atoms with van der Waals surface area (Å²) >= 11 is 0. The second-order valence-electron chi connectivity index (χ2n) is 4.90. The van der Waals surface area contributed by atoms with Crippen LogP contribution in [0.4, 0.5) is 17.1 Å². The van der Waals surface area contributed by atoms with Crippen molar-refractivity contribution in [3.05, 3.63) is 42.0 Å². The molecule has 0 amide bonds. The molecule has 21 heavy (non-hydrogen) atoms. The minimum Gasteiger partial charge on any atom is -0.495 e. The minimum absolute atomic E-state index is 0.369. The fraction of sp³-hybridized carbons (Fsp3) is 0.188. The molecule has 2 aromatic carbocycles. The van der Waals surface area contributed by atoms with Crippen molar-refractivity contribution in [3.63, 3.8) is 0 Å². The summed E-state index contributed by atoms with van der Waals surface area (Å²) in [4.78, 5) is 4.56. The molecule has 5 nitrogen and oxygen atoms in total. The molecule has 0 spiro atoms. The summed E-state index contributed by atoms with van der Waals surface area (Å²) in [7, 11) is 1.65. The molecule has 5 heteroatoms. The number of fused-ring (bicyclic) bond motifs is 1. The number of nitrogen functional groups attached to an aromatic ring is 1. The summed E-state index contributed by atoms with van der Waals surface area (Å²) in [5.74, 6) is 2.21. The molecule has 0 aliphatic carbocycles. The highest BCUT2D eigenvalue weighted by atomic mass is 16.5. The van der Waals surface area contributed by atoms with E-state index in [2.05, 4.69) is 10.3 Å². The molecule has 3 rings (SSSR count). The minimum atomic E-state index is 0.369. The lowest BCUT2D eigenvalue weighted by atomic mass is 10.2. The zero-order valence-corrected chi connectivity index (χ0v) is 12.0. The molecular formula is C16H17N3O2. The predicted octanol–water partition coefficient (Wildman–Crippen LogP) is 3.12. The highest BCUT2D eigenvalue weighted by Gasteiger charge is 2.14. The van der Waals surface area contributed by atoms with Crippen molar-refractivity contribution in [2.24, 2.45) is 4.99 Å². The summed E-state index contributed by atoms with van der Waals surface area (Å²) < 4.78 is 11.0. The topological polar surface area (TPSA) is 68.9 Å². The number of nitrogens with zero attached hydrogens (tertiary/aromatic N) is 1. The highest BCUT2D eigenvalue weighted by molar-refractivity contribution is 6.00. The van der Waals surface area contributed by atoms with Crippen LogP contribution in [0.2, 0.25) is 0 Å². The smallest absolute Gasteiger partial charge is 0.147 e. The van der Waals surface area contributed by atoms with Crippen LogP contribution in [0, 0.1) is 6.92 Å². The Hall–Kier alpha value is -2.69. The summed E-state index contributed by atoms with van der Waals surface area (Å²) in [6.07, 6.45) is 0. The van der Waals surface area contributed by atoms with Crippen molar-refractivity contribution in [1.82, 2.24) is 0 Å². The van der Waals surface area contributed by atoms with Crippen LogP contribution in [0.15, 0.2) is 41.4 Å². The van der Waals surface area contributed by atoms with Crippen LogP contribution in [-0.2, 0) is 0 Å². The van der Waals surface area contributed by atoms with E-state index in [0.717, 1.165) is 28.5 Å². The van der Waals surface area contributed by atoms with Crippen LogP contribution in [0.1, 0.15) is 5.56 Å². The Morgan fingerprint density at radius 1 is 1.24 bits per heavy atom. The molecule has 108 valence electrons. The van der Waals surface area contributed by atoms with Crippen molar-refractivity contribution in [2.75, 3.05) is 24.8 Å². The van der Waals surface area contributed by atoms with Gasteiger partial charge < -0.3 is 20.5 Å². The lowest BCUT2D eigenvalue weighted by molar-refractivity contribution is 0.372. The van der Waals surface area contributed by atoms with Gasteiger partial charge in [0.2, 0.25) is 0 Å². The number of aryl methyl sites for hydroxylation is 1. The number of methoxy groups -OCH3 is 1. The van der Waals surface area contributed by atoms with E-state index in [-0.39, 0.29) is 0 Å². The van der Waals surface area contributed by atoms with Crippen molar-refractivity contribution >= 4 is 22.9 Å². The molecular weight excluding hydrogens is 266 g/mol. The molecule has 0 fully saturated rings. The molecule has 0 saturated heterocycles. The molecule has 0 aromatic heterocycles. The lowest BCUT2D eigenvalue weighted by Crippen LogP contribution is -2.23. The lowest BCUT2D eigenvalue weighted by Gasteiger charge is -2.19. The average molecular weight is 283 g/mol. The Morgan fingerprint density at radius 2 is 2.10 bits per heavy atom. The number of nitrogens with one attached hydrogen (secondary N) is 1. The third-order valence-electron chi connectivity index (χ3n) is 3.24. The number of nitrogens with two attached hydrogens (primary N) is 1. The summed E-state index contributed by atoms with van der Waals surface area (Å²) in [6.45, 7) is 2.40. The molecule has 1 aliphatic rings. The Kier molecular flexibility index (Phi) is 3.39. The van der Waals surface area contributed by atoms with Gasteiger partial charge in [-0.2, -0.15) is 0 Å². The molecule has 0 bridgehead atoms. The summed E-state index contributed by atoms with van der Waals surface area (Å²) in [5.41, 5.74) is 9.19. The van der Waals surface area contributed by atoms with Crippen molar-refractivity contribution in [3.8, 4) is 11.5 Å². The number of benzene rings is 2. The van der Waals surface area contributed by atoms with Crippen molar-refractivity contribution in [2.45, 2.75) is 6.92 Å². The zero-order chi connectivity index (χ0) is 14.8. The van der Waals surface area contributed by atoms with Crippen molar-refractivity contribution < 1.29 is 9.47 Å². The zero-order valence-electron chi connectivity index (χ0n) is 12.0. The van der Waals surface area contributed by atoms with E-state index in [1.165, 1.54) is 0 Å². The number of amidine groups is 1. The fourth-order valence-corrected chi connectivity index (χ4v) is 2.20. The molecule has 0 radical (unpaired) electrons. The first-order valence-electron chi connectivity index (χ1n) is 6.67. The third-order valence-corrected chi connectivity index (χ3v) is 3.24. The maximum absolute atomic E-state index is 5.73. The van der Waals surface area contributed by atoms with Gasteiger partial charge in [-0.05, 0) is 36.8 Å². The van der Waals surface area contributed by atoms with Gasteiger partial charge in [0.05, 0.1) is 12.8 Å². The molecule has 0 atom stereocenters. The molecule has 3 N–H and O–H groups in total. The standard InChI is InChI=1S/C16H17N3O2/c1-10-3-6-14(20-2)13(7-10)19-16-9-21-15-8-11(17)4-5-12(15)18-16/h3-8H,9,17H2,1-2H3,(H,18,19). The van der Waals surface area contributed by atoms with E-state index in [4.69, 9.17) is 15.2 Å². The Labute approximate surface area is 123 Å². The summed E-state index contributed by atoms with van der Waals surface area (Å²) in [6, 6.07) is 11.4. The number of hydrogen-bond acceptors (Lipinski definition) is 5. The van der Waals surface area contributed by atoms with Crippen LogP contribution in [0.3, 0.4) is 0 Å². The molecule has 1 heterocycles. The number of hydrogen-bond donors (Lipinski definition) is 2.